The van der Waals surface area contributed by atoms with Crippen LogP contribution in [-0.4, -0.2) is 31.2 Å². The number of nitrogens with one attached hydrogen (secondary N) is 2. The van der Waals surface area contributed by atoms with Crippen LogP contribution in [0, 0.1) is 5.92 Å². The van der Waals surface area contributed by atoms with Crippen LogP contribution < -0.4 is 20.2 Å². The molecule has 1 atom stereocenters. The normalized spacial score (nSPS) is 11.8. The molecule has 0 heterocycles. The van der Waals surface area contributed by atoms with Gasteiger partial charge in [-0.3, -0.25) is 9.59 Å². The molecule has 0 aromatic heterocycles. The van der Waals surface area contributed by atoms with Gasteiger partial charge < -0.3 is 14.8 Å². The summed E-state index contributed by atoms with van der Waals surface area (Å²) in [7, 11) is 1.63. The molecule has 35 heavy (non-hydrogen) atoms. The second-order valence-corrected chi connectivity index (χ2v) is 8.58. The van der Waals surface area contributed by atoms with Crippen molar-refractivity contribution in [2.45, 2.75) is 26.5 Å². The molecule has 0 saturated heterocycles. The topological polar surface area (TPSA) is 89.0 Å². The Balaban J connectivity index is 1.51. The number of methoxy groups -OCH3 is 1. The van der Waals surface area contributed by atoms with Gasteiger partial charge in [0.2, 0.25) is 0 Å². The van der Waals surface area contributed by atoms with E-state index in [0.29, 0.717) is 22.9 Å². The summed E-state index contributed by atoms with van der Waals surface area (Å²) >= 11 is 5.87. The van der Waals surface area contributed by atoms with Gasteiger partial charge in [-0.05, 0) is 77.7 Å². The van der Waals surface area contributed by atoms with Crippen LogP contribution >= 0.6 is 11.6 Å². The van der Waals surface area contributed by atoms with E-state index >= 15 is 0 Å². The van der Waals surface area contributed by atoms with Crippen LogP contribution in [0.25, 0.3) is 0 Å². The molecular formula is C27H28ClN3O4. The lowest BCUT2D eigenvalue weighted by Crippen LogP contribution is -2.48. The third-order valence-electron chi connectivity index (χ3n) is 5.18. The lowest BCUT2D eigenvalue weighted by molar-refractivity contribution is -0.123. The molecule has 7 nitrogen and oxygen atoms in total. The fourth-order valence-corrected chi connectivity index (χ4v) is 3.27. The highest BCUT2D eigenvalue weighted by Crippen LogP contribution is 2.16. The molecule has 0 saturated carbocycles. The van der Waals surface area contributed by atoms with Gasteiger partial charge in [0.1, 0.15) is 24.1 Å². The van der Waals surface area contributed by atoms with E-state index in [1.807, 2.05) is 62.4 Å². The molecule has 1 unspecified atom stereocenters. The molecule has 0 fully saturated rings. The first-order chi connectivity index (χ1) is 16.9. The van der Waals surface area contributed by atoms with Crippen LogP contribution in [0.1, 0.15) is 35.3 Å². The van der Waals surface area contributed by atoms with Gasteiger partial charge in [-0.2, -0.15) is 5.10 Å². The zero-order chi connectivity index (χ0) is 25.2. The second-order valence-electron chi connectivity index (χ2n) is 8.14. The molecular weight excluding hydrogens is 466 g/mol. The van der Waals surface area contributed by atoms with Crippen molar-refractivity contribution in [2.75, 3.05) is 7.11 Å². The number of ether oxygens (including phenoxy) is 2. The average Bonchev–Trinajstić information content (AvgIpc) is 2.87. The highest BCUT2D eigenvalue weighted by atomic mass is 35.5. The SMILES string of the molecule is COc1ccc(COc2ccc(/C=N\NC(=O)C(NC(=O)c3ccc(Cl)cc3)C(C)C)cc2)cc1. The largest absolute Gasteiger partial charge is 0.497 e. The number of carbonyl (C=O) groups is 2. The van der Waals surface area contributed by atoms with E-state index in [2.05, 4.69) is 15.8 Å². The van der Waals surface area contributed by atoms with Gasteiger partial charge in [0.25, 0.3) is 11.8 Å². The summed E-state index contributed by atoms with van der Waals surface area (Å²) in [6, 6.07) is 20.7. The Bertz CT molecular complexity index is 1140. The van der Waals surface area contributed by atoms with E-state index in [9.17, 15) is 9.59 Å². The van der Waals surface area contributed by atoms with Gasteiger partial charge in [0.15, 0.2) is 0 Å². The Morgan fingerprint density at radius 3 is 2.17 bits per heavy atom. The molecule has 3 aromatic carbocycles. The fourth-order valence-electron chi connectivity index (χ4n) is 3.14. The first kappa shape index (κ1) is 25.8. The number of benzene rings is 3. The summed E-state index contributed by atoms with van der Waals surface area (Å²) < 4.78 is 11.0. The number of halogens is 1. The zero-order valence-corrected chi connectivity index (χ0v) is 20.6. The molecule has 0 radical (unpaired) electrons. The van der Waals surface area contributed by atoms with Crippen molar-refractivity contribution < 1.29 is 19.1 Å². The lowest BCUT2D eigenvalue weighted by Gasteiger charge is -2.20. The third-order valence-corrected chi connectivity index (χ3v) is 5.43. The summed E-state index contributed by atoms with van der Waals surface area (Å²) in [4.78, 5) is 25.1. The van der Waals surface area contributed by atoms with Crippen molar-refractivity contribution in [1.82, 2.24) is 10.7 Å². The van der Waals surface area contributed by atoms with Crippen molar-refractivity contribution in [3.05, 3.63) is 94.5 Å². The van der Waals surface area contributed by atoms with Crippen molar-refractivity contribution in [3.63, 3.8) is 0 Å². The maximum Gasteiger partial charge on any atom is 0.262 e. The number of nitrogens with zero attached hydrogens (tertiary/aromatic N) is 1. The Labute approximate surface area is 210 Å². The van der Waals surface area contributed by atoms with E-state index in [0.717, 1.165) is 16.9 Å². The minimum Gasteiger partial charge on any atom is -0.497 e. The minimum atomic E-state index is -0.746. The molecule has 0 spiro atoms. The first-order valence-electron chi connectivity index (χ1n) is 11.1. The highest BCUT2D eigenvalue weighted by Gasteiger charge is 2.24. The number of hydrogen-bond acceptors (Lipinski definition) is 5. The van der Waals surface area contributed by atoms with Crippen LogP contribution in [0.15, 0.2) is 77.9 Å². The zero-order valence-electron chi connectivity index (χ0n) is 19.8. The van der Waals surface area contributed by atoms with Gasteiger partial charge in [-0.25, -0.2) is 5.43 Å². The van der Waals surface area contributed by atoms with Crippen molar-refractivity contribution in [3.8, 4) is 11.5 Å². The van der Waals surface area contributed by atoms with E-state index in [1.54, 1.807) is 31.4 Å². The summed E-state index contributed by atoms with van der Waals surface area (Å²) in [5.41, 5.74) is 4.74. The van der Waals surface area contributed by atoms with E-state index in [-0.39, 0.29) is 11.8 Å². The Morgan fingerprint density at radius 1 is 0.943 bits per heavy atom. The van der Waals surface area contributed by atoms with Gasteiger partial charge in [0.05, 0.1) is 13.3 Å². The number of hydrazone groups is 1. The minimum absolute atomic E-state index is 0.136. The number of carbonyl (C=O) groups excluding carboxylic acids is 2. The van der Waals surface area contributed by atoms with Gasteiger partial charge in [-0.15, -0.1) is 0 Å². The van der Waals surface area contributed by atoms with Crippen LogP contribution in [-0.2, 0) is 11.4 Å². The summed E-state index contributed by atoms with van der Waals surface area (Å²) in [5.74, 6) is 0.617. The number of hydrogen-bond donors (Lipinski definition) is 2. The van der Waals surface area contributed by atoms with E-state index < -0.39 is 11.9 Å². The highest BCUT2D eigenvalue weighted by molar-refractivity contribution is 6.30. The van der Waals surface area contributed by atoms with Crippen molar-refractivity contribution in [2.24, 2.45) is 11.0 Å². The molecule has 3 rings (SSSR count). The molecule has 0 aliphatic rings. The Hall–Kier alpha value is -3.84. The average molecular weight is 494 g/mol. The predicted octanol–water partition coefficient (Wildman–Crippen LogP) is 4.83. The lowest BCUT2D eigenvalue weighted by atomic mass is 10.0. The number of rotatable bonds is 10. The Kier molecular flexibility index (Phi) is 9.26. The van der Waals surface area contributed by atoms with Crippen LogP contribution in [0.3, 0.4) is 0 Å². The number of amides is 2. The molecule has 0 aliphatic heterocycles. The quantitative estimate of drug-likeness (QED) is 0.312. The van der Waals surface area contributed by atoms with Crippen LogP contribution in [0.2, 0.25) is 5.02 Å². The van der Waals surface area contributed by atoms with Crippen LogP contribution in [0.4, 0.5) is 0 Å². The summed E-state index contributed by atoms with van der Waals surface area (Å²) in [5, 5.41) is 7.31. The van der Waals surface area contributed by atoms with Gasteiger partial charge in [0, 0.05) is 10.6 Å². The Morgan fingerprint density at radius 2 is 1.57 bits per heavy atom. The molecule has 182 valence electrons. The molecule has 3 aromatic rings. The van der Waals surface area contributed by atoms with Gasteiger partial charge in [-0.1, -0.05) is 37.6 Å². The van der Waals surface area contributed by atoms with E-state index in [1.165, 1.54) is 6.21 Å². The third kappa shape index (κ3) is 7.86. The van der Waals surface area contributed by atoms with Crippen molar-refractivity contribution in [1.29, 1.82) is 0 Å². The first-order valence-corrected chi connectivity index (χ1v) is 11.5. The maximum absolute atomic E-state index is 12.6. The molecule has 0 bridgehead atoms. The monoisotopic (exact) mass is 493 g/mol. The maximum atomic E-state index is 12.6. The smallest absolute Gasteiger partial charge is 0.262 e. The molecule has 2 N–H and O–H groups in total. The van der Waals surface area contributed by atoms with Gasteiger partial charge >= 0.3 is 0 Å². The summed E-state index contributed by atoms with van der Waals surface area (Å²) in [6.45, 7) is 4.13. The van der Waals surface area contributed by atoms with E-state index in [4.69, 9.17) is 21.1 Å². The molecule has 0 aliphatic carbocycles. The standard InChI is InChI=1S/C27H28ClN3O4/c1-18(2)25(30-26(32)21-8-10-22(28)11-9-21)27(33)31-29-16-19-4-14-24(15-5-19)35-17-20-6-12-23(34-3)13-7-20/h4-16,18,25H,17H2,1-3H3,(H,30,32)(H,31,33)/b29-16-. The molecule has 2 amide bonds. The second kappa shape index (κ2) is 12.6. The van der Waals surface area contributed by atoms with Crippen LogP contribution in [0.5, 0.6) is 11.5 Å². The fraction of sp³-hybridized carbons (Fsp3) is 0.222. The predicted molar refractivity (Wildman–Crippen MR) is 137 cm³/mol. The van der Waals surface area contributed by atoms with Crippen molar-refractivity contribution >= 4 is 29.6 Å². The summed E-state index contributed by atoms with van der Waals surface area (Å²) in [6.07, 6.45) is 1.53. The molecule has 8 heteroatoms.